The van der Waals surface area contributed by atoms with E-state index < -0.39 is 12.2 Å². The van der Waals surface area contributed by atoms with Crippen LogP contribution >= 0.6 is 0 Å². The fourth-order valence-corrected chi connectivity index (χ4v) is 5.00. The van der Waals surface area contributed by atoms with Gasteiger partial charge in [-0.3, -0.25) is 9.59 Å². The van der Waals surface area contributed by atoms with Crippen LogP contribution in [0, 0.1) is 17.3 Å². The quantitative estimate of drug-likeness (QED) is 0.301. The number of unbranched alkanes of at least 4 members (excludes halogenated alkanes) is 4. The maximum atomic E-state index is 12.4. The van der Waals surface area contributed by atoms with Gasteiger partial charge >= 0.3 is 0 Å². The Kier molecular flexibility index (Phi) is 10.0. The number of carbonyl (C=O) groups is 2. The molecule has 2 aliphatic carbocycles. The van der Waals surface area contributed by atoms with Crippen molar-refractivity contribution in [2.45, 2.75) is 103 Å². The Morgan fingerprint density at radius 3 is 2.55 bits per heavy atom. The summed E-state index contributed by atoms with van der Waals surface area (Å²) in [6.07, 6.45) is 14.1. The van der Waals surface area contributed by atoms with Gasteiger partial charge in [-0.2, -0.15) is 0 Å². The van der Waals surface area contributed by atoms with E-state index in [1.807, 2.05) is 12.2 Å². The molecule has 0 aromatic carbocycles. The summed E-state index contributed by atoms with van der Waals surface area (Å²) in [7, 11) is 0. The maximum absolute atomic E-state index is 12.4. The molecule has 0 spiro atoms. The van der Waals surface area contributed by atoms with E-state index in [1.165, 1.54) is 6.42 Å². The average molecular weight is 409 g/mol. The van der Waals surface area contributed by atoms with Gasteiger partial charge in [0.15, 0.2) is 5.78 Å². The fourth-order valence-electron chi connectivity index (χ4n) is 5.00. The molecule has 1 unspecified atom stereocenters. The lowest BCUT2D eigenvalue weighted by molar-refractivity contribution is -0.122. The first-order valence-electron chi connectivity index (χ1n) is 11.6. The molecule has 0 heterocycles. The van der Waals surface area contributed by atoms with Gasteiger partial charge in [0.25, 0.3) is 0 Å². The second-order valence-electron chi connectivity index (χ2n) is 9.22. The van der Waals surface area contributed by atoms with Gasteiger partial charge in [0.1, 0.15) is 12.4 Å². The van der Waals surface area contributed by atoms with Crippen molar-refractivity contribution >= 4 is 11.6 Å². The summed E-state index contributed by atoms with van der Waals surface area (Å²) in [5.74, 6) is -0.357. The highest BCUT2D eigenvalue weighted by Crippen LogP contribution is 2.48. The van der Waals surface area contributed by atoms with E-state index in [1.54, 1.807) is 0 Å². The minimum absolute atomic E-state index is 0.00156. The predicted molar refractivity (Wildman–Crippen MR) is 113 cm³/mol. The van der Waals surface area contributed by atoms with Crippen molar-refractivity contribution in [2.24, 2.45) is 17.3 Å². The van der Waals surface area contributed by atoms with Crippen LogP contribution in [0.15, 0.2) is 12.2 Å². The molecule has 0 bridgehead atoms. The van der Waals surface area contributed by atoms with Crippen molar-refractivity contribution in [1.29, 1.82) is 0 Å². The van der Waals surface area contributed by atoms with Crippen LogP contribution in [0.1, 0.15) is 90.4 Å². The third-order valence-electron chi connectivity index (χ3n) is 7.15. The van der Waals surface area contributed by atoms with Crippen LogP contribution in [0.2, 0.25) is 0 Å². The Morgan fingerprint density at radius 1 is 1.21 bits per heavy atom. The number of carbonyl (C=O) groups excluding carboxylic acids is 2. The highest BCUT2D eigenvalue weighted by atomic mass is 16.3. The number of ketones is 2. The minimum atomic E-state index is -0.647. The Bertz CT molecular complexity index is 551. The molecule has 4 atom stereocenters. The van der Waals surface area contributed by atoms with Crippen LogP contribution in [0.5, 0.6) is 0 Å². The summed E-state index contributed by atoms with van der Waals surface area (Å²) in [5, 5.41) is 29.9. The molecule has 0 amide bonds. The molecule has 5 heteroatoms. The first-order chi connectivity index (χ1) is 13.9. The maximum Gasteiger partial charge on any atom is 0.158 e. The Morgan fingerprint density at radius 2 is 1.93 bits per heavy atom. The Hall–Kier alpha value is -1.04. The second kappa shape index (κ2) is 12.0. The van der Waals surface area contributed by atoms with Gasteiger partial charge in [-0.15, -0.1) is 0 Å². The number of aliphatic hydroxyl groups is 3. The van der Waals surface area contributed by atoms with Crippen LogP contribution in [0.3, 0.4) is 0 Å². The molecular formula is C24H40O5. The lowest BCUT2D eigenvalue weighted by atomic mass is 9.62. The molecule has 0 saturated heterocycles. The molecule has 0 aromatic rings. The van der Waals surface area contributed by atoms with Gasteiger partial charge in [0.05, 0.1) is 12.2 Å². The van der Waals surface area contributed by atoms with Crippen molar-refractivity contribution in [2.75, 3.05) is 6.61 Å². The number of aliphatic hydroxyl groups excluding tert-OH is 3. The van der Waals surface area contributed by atoms with E-state index in [4.69, 9.17) is 5.11 Å². The number of rotatable bonds is 14. The molecule has 0 aromatic heterocycles. The fraction of sp³-hybridized carbons (Fsp3) is 0.833. The van der Waals surface area contributed by atoms with Crippen molar-refractivity contribution < 1.29 is 24.9 Å². The summed E-state index contributed by atoms with van der Waals surface area (Å²) in [5.41, 5.74) is 0.00156. The third kappa shape index (κ3) is 6.73. The summed E-state index contributed by atoms with van der Waals surface area (Å²) < 4.78 is 0. The standard InChI is InChI=1S/C24H40O5/c1-2-3-13-24(14-8-15-24)23(29)12-11-20-19(21(27)16-22(20)28)10-7-5-4-6-9-18(26)17-25/h11-12,19-20,22-23,25,28-29H,2-10,13-17H2,1H3/b12-11+/t19-,20-,22-,23?/m1/s1. The number of hydrogen-bond acceptors (Lipinski definition) is 5. The van der Waals surface area contributed by atoms with E-state index in [2.05, 4.69) is 6.92 Å². The molecule has 2 saturated carbocycles. The molecule has 166 valence electrons. The van der Waals surface area contributed by atoms with Crippen LogP contribution in [0.25, 0.3) is 0 Å². The SMILES string of the molecule is CCCCC1(C(O)/C=C/[C@H]2[C@H](O)CC(=O)[C@@H]2CCCCCCC(=O)CO)CCC1. The normalized spacial score (nSPS) is 27.3. The van der Waals surface area contributed by atoms with Crippen LogP contribution in [-0.2, 0) is 9.59 Å². The topological polar surface area (TPSA) is 94.8 Å². The van der Waals surface area contributed by atoms with Gasteiger partial charge in [0, 0.05) is 24.7 Å². The number of Topliss-reactive ketones (excluding diaryl/α,β-unsaturated/α-hetero) is 2. The van der Waals surface area contributed by atoms with Gasteiger partial charge in [-0.05, 0) is 37.5 Å². The summed E-state index contributed by atoms with van der Waals surface area (Å²) in [6.45, 7) is 1.79. The zero-order valence-electron chi connectivity index (χ0n) is 18.0. The zero-order valence-corrected chi connectivity index (χ0v) is 18.0. The minimum Gasteiger partial charge on any atom is -0.392 e. The first-order valence-corrected chi connectivity index (χ1v) is 11.6. The molecule has 2 fully saturated rings. The Labute approximate surface area is 175 Å². The molecule has 5 nitrogen and oxygen atoms in total. The highest BCUT2D eigenvalue weighted by molar-refractivity contribution is 5.84. The predicted octanol–water partition coefficient (Wildman–Crippen LogP) is 3.73. The van der Waals surface area contributed by atoms with Gasteiger partial charge < -0.3 is 15.3 Å². The van der Waals surface area contributed by atoms with E-state index in [0.29, 0.717) is 6.42 Å². The lowest BCUT2D eigenvalue weighted by Gasteiger charge is -2.45. The van der Waals surface area contributed by atoms with Gasteiger partial charge in [0.2, 0.25) is 0 Å². The average Bonchev–Trinajstić information content (AvgIpc) is 2.94. The number of hydrogen-bond donors (Lipinski definition) is 3. The van der Waals surface area contributed by atoms with E-state index in [0.717, 1.165) is 64.2 Å². The van der Waals surface area contributed by atoms with Crippen LogP contribution in [0.4, 0.5) is 0 Å². The summed E-state index contributed by atoms with van der Waals surface area (Å²) >= 11 is 0. The molecule has 3 N–H and O–H groups in total. The van der Waals surface area contributed by atoms with E-state index in [9.17, 15) is 19.8 Å². The Balaban J connectivity index is 1.83. The molecule has 29 heavy (non-hydrogen) atoms. The highest BCUT2D eigenvalue weighted by Gasteiger charge is 2.43. The van der Waals surface area contributed by atoms with Crippen molar-refractivity contribution in [3.05, 3.63) is 12.2 Å². The van der Waals surface area contributed by atoms with Crippen molar-refractivity contribution in [3.63, 3.8) is 0 Å². The van der Waals surface area contributed by atoms with Crippen molar-refractivity contribution in [1.82, 2.24) is 0 Å². The van der Waals surface area contributed by atoms with Gasteiger partial charge in [-0.25, -0.2) is 0 Å². The molecular weight excluding hydrogens is 368 g/mol. The monoisotopic (exact) mass is 408 g/mol. The van der Waals surface area contributed by atoms with Crippen molar-refractivity contribution in [3.8, 4) is 0 Å². The smallest absolute Gasteiger partial charge is 0.158 e. The summed E-state index contributed by atoms with van der Waals surface area (Å²) in [4.78, 5) is 23.5. The first kappa shape index (κ1) is 24.2. The molecule has 0 radical (unpaired) electrons. The molecule has 0 aliphatic heterocycles. The van der Waals surface area contributed by atoms with Gasteiger partial charge in [-0.1, -0.05) is 57.6 Å². The largest absolute Gasteiger partial charge is 0.392 e. The van der Waals surface area contributed by atoms with E-state index in [-0.39, 0.29) is 41.8 Å². The molecule has 2 rings (SSSR count). The second-order valence-corrected chi connectivity index (χ2v) is 9.22. The lowest BCUT2D eigenvalue weighted by Crippen LogP contribution is -2.40. The van der Waals surface area contributed by atoms with Crippen LogP contribution in [-0.4, -0.2) is 45.7 Å². The molecule has 2 aliphatic rings. The van der Waals surface area contributed by atoms with E-state index >= 15 is 0 Å². The third-order valence-corrected chi connectivity index (χ3v) is 7.15. The van der Waals surface area contributed by atoms with Crippen LogP contribution < -0.4 is 0 Å². The zero-order chi connectivity index (χ0) is 21.3. The summed E-state index contributed by atoms with van der Waals surface area (Å²) in [6, 6.07) is 0.